The van der Waals surface area contributed by atoms with Gasteiger partial charge in [0.2, 0.25) is 0 Å². The van der Waals surface area contributed by atoms with Gasteiger partial charge < -0.3 is 19.5 Å². The lowest BCUT2D eigenvalue weighted by atomic mass is 9.96. The minimum atomic E-state index is -0.722. The molecule has 2 aromatic rings. The van der Waals surface area contributed by atoms with Gasteiger partial charge in [-0.25, -0.2) is 0 Å². The molecule has 0 bridgehead atoms. The second-order valence-corrected chi connectivity index (χ2v) is 6.64. The van der Waals surface area contributed by atoms with Crippen LogP contribution in [-0.4, -0.2) is 53.5 Å². The minimum absolute atomic E-state index is 0.0462. The van der Waals surface area contributed by atoms with Gasteiger partial charge in [0.25, 0.3) is 11.7 Å². The van der Waals surface area contributed by atoms with Crippen molar-refractivity contribution in [1.82, 2.24) is 9.88 Å². The number of rotatable bonds is 8. The van der Waals surface area contributed by atoms with E-state index in [4.69, 9.17) is 9.47 Å². The number of methoxy groups -OCH3 is 1. The van der Waals surface area contributed by atoms with Crippen LogP contribution in [0.1, 0.15) is 30.5 Å². The van der Waals surface area contributed by atoms with Crippen molar-refractivity contribution in [1.29, 1.82) is 0 Å². The monoisotopic (exact) mass is 396 g/mol. The quantitative estimate of drug-likeness (QED) is 0.419. The third kappa shape index (κ3) is 4.30. The first-order valence-electron chi connectivity index (χ1n) is 9.49. The SMILES string of the molecule is CCCOc1cccc(C(O)=C2C(=O)C(=O)N(CCOC)[C@@H]2c2ccncc2)c1. The molecule has 1 aromatic carbocycles. The summed E-state index contributed by atoms with van der Waals surface area (Å²) < 4.78 is 10.7. The summed E-state index contributed by atoms with van der Waals surface area (Å²) in [7, 11) is 1.53. The van der Waals surface area contributed by atoms with E-state index in [0.717, 1.165) is 6.42 Å². The predicted octanol–water partition coefficient (Wildman–Crippen LogP) is 2.94. The molecule has 2 heterocycles. The molecule has 1 atom stereocenters. The highest BCUT2D eigenvalue weighted by Crippen LogP contribution is 2.39. The Morgan fingerprint density at radius 2 is 1.93 bits per heavy atom. The van der Waals surface area contributed by atoms with E-state index < -0.39 is 17.7 Å². The molecule has 1 aliphatic rings. The molecular weight excluding hydrogens is 372 g/mol. The van der Waals surface area contributed by atoms with E-state index >= 15 is 0 Å². The standard InChI is InChI=1S/C22H24N2O5/c1-3-12-29-17-6-4-5-16(14-17)20(25)18-19(15-7-9-23-10-8-15)24(11-13-28-2)22(27)21(18)26/h4-10,14,19,25H,3,11-13H2,1-2H3/t19-/m1/s1. The number of ketones is 1. The number of aliphatic hydroxyl groups excluding tert-OH is 1. The molecule has 1 saturated heterocycles. The number of aromatic nitrogens is 1. The van der Waals surface area contributed by atoms with E-state index in [2.05, 4.69) is 4.98 Å². The average Bonchev–Trinajstić information content (AvgIpc) is 3.01. The minimum Gasteiger partial charge on any atom is -0.507 e. The summed E-state index contributed by atoms with van der Waals surface area (Å²) >= 11 is 0. The highest BCUT2D eigenvalue weighted by atomic mass is 16.5. The number of carbonyl (C=O) groups excluding carboxylic acids is 2. The van der Waals surface area contributed by atoms with Crippen LogP contribution >= 0.6 is 0 Å². The Kier molecular flexibility index (Phi) is 6.61. The molecule has 29 heavy (non-hydrogen) atoms. The molecule has 1 amide bonds. The molecule has 0 radical (unpaired) electrons. The van der Waals surface area contributed by atoms with Crippen molar-refractivity contribution >= 4 is 17.4 Å². The van der Waals surface area contributed by atoms with Crippen LogP contribution in [0.5, 0.6) is 5.75 Å². The smallest absolute Gasteiger partial charge is 0.295 e. The molecule has 0 saturated carbocycles. The van der Waals surface area contributed by atoms with Crippen molar-refractivity contribution in [2.75, 3.05) is 26.9 Å². The third-order valence-corrected chi connectivity index (χ3v) is 4.68. The second-order valence-electron chi connectivity index (χ2n) is 6.64. The lowest BCUT2D eigenvalue weighted by Gasteiger charge is -2.24. The molecule has 3 rings (SSSR count). The molecule has 1 aromatic heterocycles. The fourth-order valence-electron chi connectivity index (χ4n) is 3.30. The van der Waals surface area contributed by atoms with Crippen LogP contribution in [0.2, 0.25) is 0 Å². The van der Waals surface area contributed by atoms with Gasteiger partial charge >= 0.3 is 0 Å². The Morgan fingerprint density at radius 3 is 2.62 bits per heavy atom. The Bertz CT molecular complexity index is 910. The fraction of sp³-hybridized carbons (Fsp3) is 0.318. The first kappa shape index (κ1) is 20.5. The van der Waals surface area contributed by atoms with Gasteiger partial charge in [0, 0.05) is 31.6 Å². The number of aliphatic hydroxyl groups is 1. The molecule has 7 nitrogen and oxygen atoms in total. The number of benzene rings is 1. The summed E-state index contributed by atoms with van der Waals surface area (Å²) in [6.45, 7) is 3.04. The highest BCUT2D eigenvalue weighted by molar-refractivity contribution is 6.46. The molecule has 1 fully saturated rings. The molecule has 7 heteroatoms. The Balaban J connectivity index is 2.08. The van der Waals surface area contributed by atoms with Gasteiger partial charge in [0.05, 0.1) is 24.8 Å². The van der Waals surface area contributed by atoms with Gasteiger partial charge in [-0.05, 0) is 36.2 Å². The van der Waals surface area contributed by atoms with Crippen LogP contribution in [0.15, 0.2) is 54.4 Å². The number of carbonyl (C=O) groups is 2. The lowest BCUT2D eigenvalue weighted by molar-refractivity contribution is -0.140. The second kappa shape index (κ2) is 9.34. The van der Waals surface area contributed by atoms with Gasteiger partial charge in [-0.3, -0.25) is 14.6 Å². The molecule has 1 N–H and O–H groups in total. The van der Waals surface area contributed by atoms with Crippen molar-refractivity contribution in [3.8, 4) is 5.75 Å². The first-order chi connectivity index (χ1) is 14.1. The summed E-state index contributed by atoms with van der Waals surface area (Å²) in [6.07, 6.45) is 4.03. The number of pyridine rings is 1. The maximum Gasteiger partial charge on any atom is 0.295 e. The molecule has 0 aliphatic carbocycles. The van der Waals surface area contributed by atoms with Crippen LogP contribution in [0.4, 0.5) is 0 Å². The van der Waals surface area contributed by atoms with Gasteiger partial charge in [0.1, 0.15) is 11.5 Å². The number of amides is 1. The van der Waals surface area contributed by atoms with Gasteiger partial charge in [-0.1, -0.05) is 19.1 Å². The van der Waals surface area contributed by atoms with E-state index in [1.807, 2.05) is 6.92 Å². The summed E-state index contributed by atoms with van der Waals surface area (Å²) in [5.41, 5.74) is 1.16. The molecule has 0 spiro atoms. The fourth-order valence-corrected chi connectivity index (χ4v) is 3.30. The van der Waals surface area contributed by atoms with Gasteiger partial charge in [0.15, 0.2) is 0 Å². The molecular formula is C22H24N2O5. The van der Waals surface area contributed by atoms with E-state index in [-0.39, 0.29) is 24.5 Å². The summed E-state index contributed by atoms with van der Waals surface area (Å²) in [5.74, 6) is -1.03. The van der Waals surface area contributed by atoms with E-state index in [1.165, 1.54) is 12.0 Å². The summed E-state index contributed by atoms with van der Waals surface area (Å²) in [5, 5.41) is 11.0. The van der Waals surface area contributed by atoms with Crippen LogP contribution in [0.3, 0.4) is 0 Å². The first-order valence-corrected chi connectivity index (χ1v) is 9.49. The maximum absolute atomic E-state index is 12.8. The maximum atomic E-state index is 12.8. The molecule has 0 unspecified atom stereocenters. The number of likely N-dealkylation sites (tertiary alicyclic amines) is 1. The Labute approximate surface area is 169 Å². The zero-order valence-electron chi connectivity index (χ0n) is 16.5. The third-order valence-electron chi connectivity index (χ3n) is 4.68. The summed E-state index contributed by atoms with van der Waals surface area (Å²) in [4.78, 5) is 30.9. The Morgan fingerprint density at radius 1 is 1.17 bits per heavy atom. The summed E-state index contributed by atoms with van der Waals surface area (Å²) in [6, 6.07) is 9.60. The Hall–Kier alpha value is -3.19. The topological polar surface area (TPSA) is 89.0 Å². The highest BCUT2D eigenvalue weighted by Gasteiger charge is 2.45. The zero-order chi connectivity index (χ0) is 20.8. The van der Waals surface area contributed by atoms with E-state index in [0.29, 0.717) is 23.5 Å². The molecule has 1 aliphatic heterocycles. The molecule has 152 valence electrons. The van der Waals surface area contributed by atoms with Crippen molar-refractivity contribution < 1.29 is 24.2 Å². The number of hydrogen-bond donors (Lipinski definition) is 1. The van der Waals surface area contributed by atoms with Gasteiger partial charge in [-0.15, -0.1) is 0 Å². The predicted molar refractivity (Wildman–Crippen MR) is 107 cm³/mol. The largest absolute Gasteiger partial charge is 0.507 e. The number of hydrogen-bond acceptors (Lipinski definition) is 6. The number of ether oxygens (including phenoxy) is 2. The van der Waals surface area contributed by atoms with Gasteiger partial charge in [-0.2, -0.15) is 0 Å². The van der Waals surface area contributed by atoms with E-state index in [1.54, 1.807) is 48.8 Å². The zero-order valence-corrected chi connectivity index (χ0v) is 16.5. The van der Waals surface area contributed by atoms with E-state index in [9.17, 15) is 14.7 Å². The lowest BCUT2D eigenvalue weighted by Crippen LogP contribution is -2.32. The van der Waals surface area contributed by atoms with Crippen molar-refractivity contribution in [2.24, 2.45) is 0 Å². The number of Topliss-reactive ketones (excluding diaryl/α,β-unsaturated/α-hetero) is 1. The van der Waals surface area contributed by atoms with Crippen molar-refractivity contribution in [2.45, 2.75) is 19.4 Å². The van der Waals surface area contributed by atoms with Crippen LogP contribution in [0.25, 0.3) is 5.76 Å². The van der Waals surface area contributed by atoms with Crippen molar-refractivity contribution in [3.63, 3.8) is 0 Å². The number of nitrogens with zero attached hydrogens (tertiary/aromatic N) is 2. The normalized spacial score (nSPS) is 18.3. The van der Waals surface area contributed by atoms with Crippen molar-refractivity contribution in [3.05, 3.63) is 65.5 Å². The van der Waals surface area contributed by atoms with Crippen LogP contribution in [-0.2, 0) is 14.3 Å². The van der Waals surface area contributed by atoms with Crippen LogP contribution in [0, 0.1) is 0 Å². The van der Waals surface area contributed by atoms with Crippen LogP contribution < -0.4 is 4.74 Å². The average molecular weight is 396 g/mol.